The molecule has 1 amide bonds. The first-order valence-corrected chi connectivity index (χ1v) is 5.49. The minimum Gasteiger partial charge on any atom is -0.398 e. The molecule has 0 aliphatic carbocycles. The number of amides is 1. The van der Waals surface area contributed by atoms with Crippen LogP contribution in [-0.2, 0) is 10.0 Å². The van der Waals surface area contributed by atoms with Crippen LogP contribution in [0.25, 0.3) is 0 Å². The number of carbonyl (C=O) groups is 1. The molecule has 82 valence electrons. The molecule has 1 aromatic carbocycles. The summed E-state index contributed by atoms with van der Waals surface area (Å²) in [7, 11) is -2.31. The van der Waals surface area contributed by atoms with Crippen LogP contribution in [0.2, 0.25) is 0 Å². The smallest absolute Gasteiger partial charge is 0.250 e. The number of nitrogen functional groups attached to an aromatic ring is 1. The summed E-state index contributed by atoms with van der Waals surface area (Å²) in [5.74, 6) is -0.763. The zero-order valence-electron chi connectivity index (χ0n) is 8.02. The topological polar surface area (TPSA) is 115 Å². The largest absolute Gasteiger partial charge is 0.398 e. The highest BCUT2D eigenvalue weighted by atomic mass is 32.2. The number of primary amides is 1. The summed E-state index contributed by atoms with van der Waals surface area (Å²) in [6.07, 6.45) is 0. The van der Waals surface area contributed by atoms with E-state index in [2.05, 4.69) is 4.72 Å². The van der Waals surface area contributed by atoms with Gasteiger partial charge in [-0.2, -0.15) is 0 Å². The van der Waals surface area contributed by atoms with E-state index in [1.165, 1.54) is 19.2 Å². The van der Waals surface area contributed by atoms with Gasteiger partial charge in [0, 0.05) is 5.69 Å². The number of rotatable bonds is 3. The molecule has 0 spiro atoms. The van der Waals surface area contributed by atoms with E-state index in [0.29, 0.717) is 0 Å². The molecule has 0 aliphatic heterocycles. The summed E-state index contributed by atoms with van der Waals surface area (Å²) in [6.45, 7) is 0. The third-order valence-corrected chi connectivity index (χ3v) is 3.28. The van der Waals surface area contributed by atoms with Gasteiger partial charge in [0.25, 0.3) is 5.91 Å². The van der Waals surface area contributed by atoms with Crippen molar-refractivity contribution in [1.29, 1.82) is 0 Å². The molecule has 5 N–H and O–H groups in total. The molecule has 0 radical (unpaired) electrons. The molecular weight excluding hydrogens is 218 g/mol. The van der Waals surface area contributed by atoms with E-state index in [0.717, 1.165) is 6.07 Å². The highest BCUT2D eigenvalue weighted by Crippen LogP contribution is 2.16. The molecule has 1 rings (SSSR count). The highest BCUT2D eigenvalue weighted by molar-refractivity contribution is 7.89. The van der Waals surface area contributed by atoms with Gasteiger partial charge in [0.1, 0.15) is 0 Å². The maximum atomic E-state index is 11.4. The van der Waals surface area contributed by atoms with Gasteiger partial charge in [-0.1, -0.05) is 0 Å². The average Bonchev–Trinajstić information content (AvgIpc) is 2.17. The summed E-state index contributed by atoms with van der Waals surface area (Å²) in [6, 6.07) is 3.77. The second-order valence-corrected chi connectivity index (χ2v) is 4.71. The van der Waals surface area contributed by atoms with Crippen LogP contribution in [0.5, 0.6) is 0 Å². The first-order valence-electron chi connectivity index (χ1n) is 4.01. The lowest BCUT2D eigenvalue weighted by Gasteiger charge is -2.05. The predicted molar refractivity (Wildman–Crippen MR) is 55.6 cm³/mol. The van der Waals surface area contributed by atoms with Crippen molar-refractivity contribution in [2.75, 3.05) is 12.8 Å². The Morgan fingerprint density at radius 3 is 2.47 bits per heavy atom. The number of hydrogen-bond acceptors (Lipinski definition) is 4. The molecule has 0 unspecified atom stereocenters. The number of anilines is 1. The van der Waals surface area contributed by atoms with Crippen molar-refractivity contribution < 1.29 is 13.2 Å². The maximum Gasteiger partial charge on any atom is 0.250 e. The van der Waals surface area contributed by atoms with Crippen molar-refractivity contribution in [2.24, 2.45) is 5.73 Å². The quantitative estimate of drug-likeness (QED) is 0.593. The first kappa shape index (κ1) is 11.5. The predicted octanol–water partition coefficient (Wildman–Crippen LogP) is -0.724. The van der Waals surface area contributed by atoms with Crippen molar-refractivity contribution in [2.45, 2.75) is 4.90 Å². The van der Waals surface area contributed by atoms with Crippen LogP contribution in [-0.4, -0.2) is 21.4 Å². The van der Waals surface area contributed by atoms with Gasteiger partial charge in [0.2, 0.25) is 10.0 Å². The minimum atomic E-state index is -3.58. The Bertz CT molecular complexity index is 496. The molecule has 6 nitrogen and oxygen atoms in total. The van der Waals surface area contributed by atoms with Crippen LogP contribution in [0, 0.1) is 0 Å². The second kappa shape index (κ2) is 3.87. The summed E-state index contributed by atoms with van der Waals surface area (Å²) >= 11 is 0. The van der Waals surface area contributed by atoms with Crippen LogP contribution in [0.15, 0.2) is 23.1 Å². The molecule has 15 heavy (non-hydrogen) atoms. The number of benzene rings is 1. The number of carbonyl (C=O) groups excluding carboxylic acids is 1. The number of hydrogen-bond donors (Lipinski definition) is 3. The molecule has 0 saturated heterocycles. The summed E-state index contributed by atoms with van der Waals surface area (Å²) in [4.78, 5) is 10.9. The van der Waals surface area contributed by atoms with E-state index in [-0.39, 0.29) is 16.1 Å². The van der Waals surface area contributed by atoms with Crippen molar-refractivity contribution >= 4 is 21.6 Å². The summed E-state index contributed by atoms with van der Waals surface area (Å²) < 4.78 is 24.9. The van der Waals surface area contributed by atoms with Gasteiger partial charge in [-0.05, 0) is 25.2 Å². The lowest BCUT2D eigenvalue weighted by molar-refractivity contribution is 0.100. The van der Waals surface area contributed by atoms with Crippen LogP contribution >= 0.6 is 0 Å². The Hall–Kier alpha value is -1.60. The standard InChI is InChI=1S/C8H11N3O3S/c1-11-15(13,14)5-2-3-7(9)6(4-5)8(10)12/h2-4,11H,9H2,1H3,(H2,10,12). The van der Waals surface area contributed by atoms with E-state index in [1.807, 2.05) is 0 Å². The number of nitrogens with one attached hydrogen (secondary N) is 1. The zero-order valence-corrected chi connectivity index (χ0v) is 8.84. The monoisotopic (exact) mass is 229 g/mol. The third kappa shape index (κ3) is 2.25. The molecule has 0 saturated carbocycles. The Balaban J connectivity index is 3.38. The van der Waals surface area contributed by atoms with Gasteiger partial charge in [0.15, 0.2) is 0 Å². The molecule has 0 bridgehead atoms. The molecule has 0 heterocycles. The van der Waals surface area contributed by atoms with Gasteiger partial charge in [-0.15, -0.1) is 0 Å². The second-order valence-electron chi connectivity index (χ2n) is 2.82. The molecule has 0 aliphatic rings. The number of sulfonamides is 1. The maximum absolute atomic E-state index is 11.4. The van der Waals surface area contributed by atoms with Crippen LogP contribution < -0.4 is 16.2 Å². The Labute approximate surface area is 87.3 Å². The van der Waals surface area contributed by atoms with Gasteiger partial charge < -0.3 is 11.5 Å². The average molecular weight is 229 g/mol. The van der Waals surface area contributed by atoms with Gasteiger partial charge in [-0.3, -0.25) is 4.79 Å². The first-order chi connectivity index (χ1) is 6.88. The molecule has 0 fully saturated rings. The van der Waals surface area contributed by atoms with Crippen molar-refractivity contribution in [1.82, 2.24) is 4.72 Å². The number of nitrogens with two attached hydrogens (primary N) is 2. The zero-order chi connectivity index (χ0) is 11.6. The molecule has 7 heteroatoms. The van der Waals surface area contributed by atoms with Crippen LogP contribution in [0.4, 0.5) is 5.69 Å². The van der Waals surface area contributed by atoms with Crippen LogP contribution in [0.3, 0.4) is 0 Å². The Kier molecular flexibility index (Phi) is 2.96. The van der Waals surface area contributed by atoms with Crippen molar-refractivity contribution in [3.8, 4) is 0 Å². The van der Waals surface area contributed by atoms with E-state index < -0.39 is 15.9 Å². The SMILES string of the molecule is CNS(=O)(=O)c1ccc(N)c(C(N)=O)c1. The van der Waals surface area contributed by atoms with E-state index in [1.54, 1.807) is 0 Å². The molecule has 0 atom stereocenters. The molecule has 0 aromatic heterocycles. The fourth-order valence-corrected chi connectivity index (χ4v) is 1.79. The van der Waals surface area contributed by atoms with Gasteiger partial charge >= 0.3 is 0 Å². The summed E-state index contributed by atoms with van der Waals surface area (Å²) in [5, 5.41) is 0. The van der Waals surface area contributed by atoms with E-state index in [9.17, 15) is 13.2 Å². The lowest BCUT2D eigenvalue weighted by atomic mass is 10.2. The van der Waals surface area contributed by atoms with Crippen LogP contribution in [0.1, 0.15) is 10.4 Å². The Morgan fingerprint density at radius 2 is 2.00 bits per heavy atom. The summed E-state index contributed by atoms with van der Waals surface area (Å²) in [5.41, 5.74) is 10.6. The fourth-order valence-electron chi connectivity index (χ4n) is 1.03. The van der Waals surface area contributed by atoms with Crippen molar-refractivity contribution in [3.05, 3.63) is 23.8 Å². The van der Waals surface area contributed by atoms with E-state index in [4.69, 9.17) is 11.5 Å². The fraction of sp³-hybridized carbons (Fsp3) is 0.125. The highest BCUT2D eigenvalue weighted by Gasteiger charge is 2.15. The normalized spacial score (nSPS) is 11.3. The third-order valence-electron chi connectivity index (χ3n) is 1.87. The van der Waals surface area contributed by atoms with Gasteiger partial charge in [0.05, 0.1) is 10.5 Å². The Morgan fingerprint density at radius 1 is 1.40 bits per heavy atom. The molecular formula is C8H11N3O3S. The molecule has 1 aromatic rings. The minimum absolute atomic E-state index is 0.00803. The lowest BCUT2D eigenvalue weighted by Crippen LogP contribution is -2.20. The van der Waals surface area contributed by atoms with Crippen molar-refractivity contribution in [3.63, 3.8) is 0 Å². The van der Waals surface area contributed by atoms with Gasteiger partial charge in [-0.25, -0.2) is 13.1 Å². The van der Waals surface area contributed by atoms with E-state index >= 15 is 0 Å².